The van der Waals surface area contributed by atoms with Crippen LogP contribution in [0.4, 0.5) is 0 Å². The largest absolute Gasteiger partial charge is 0.378 e. The number of carbonyl (C=O) groups is 2. The highest BCUT2D eigenvalue weighted by molar-refractivity contribution is 5.82. The van der Waals surface area contributed by atoms with Crippen molar-refractivity contribution in [2.45, 2.75) is 31.3 Å². The molecule has 0 aromatic heterocycles. The van der Waals surface area contributed by atoms with Gasteiger partial charge in [0.2, 0.25) is 11.8 Å². The molecule has 0 saturated carbocycles. The standard InChI is InChI=1S/C13H21N3O3/c17-12-2-1-9-7-16(5-3-10(9)15-12)13(18)11-8-19-6-4-14-11/h9-11,14H,1-8H2,(H,15,17). The molecular weight excluding hydrogens is 246 g/mol. The van der Waals surface area contributed by atoms with Gasteiger partial charge >= 0.3 is 0 Å². The van der Waals surface area contributed by atoms with Crippen molar-refractivity contribution in [3.8, 4) is 0 Å². The number of ether oxygens (including phenoxy) is 1. The van der Waals surface area contributed by atoms with E-state index >= 15 is 0 Å². The van der Waals surface area contributed by atoms with Crippen molar-refractivity contribution in [3.63, 3.8) is 0 Å². The van der Waals surface area contributed by atoms with Gasteiger partial charge in [0.05, 0.1) is 13.2 Å². The van der Waals surface area contributed by atoms with Crippen LogP contribution in [0.3, 0.4) is 0 Å². The third-order valence-corrected chi connectivity index (χ3v) is 4.35. The third kappa shape index (κ3) is 2.74. The monoisotopic (exact) mass is 267 g/mol. The molecule has 3 atom stereocenters. The molecule has 6 heteroatoms. The second-order valence-electron chi connectivity index (χ2n) is 5.63. The van der Waals surface area contributed by atoms with Gasteiger partial charge in [-0.25, -0.2) is 0 Å². The maximum absolute atomic E-state index is 12.4. The second kappa shape index (κ2) is 5.46. The zero-order valence-corrected chi connectivity index (χ0v) is 11.1. The fourth-order valence-electron chi connectivity index (χ4n) is 3.25. The van der Waals surface area contributed by atoms with Crippen LogP contribution < -0.4 is 10.6 Å². The summed E-state index contributed by atoms with van der Waals surface area (Å²) in [5.74, 6) is 0.721. The molecule has 0 radical (unpaired) electrons. The molecule has 3 fully saturated rings. The van der Waals surface area contributed by atoms with E-state index in [9.17, 15) is 9.59 Å². The van der Waals surface area contributed by atoms with E-state index in [0.29, 0.717) is 25.6 Å². The Balaban J connectivity index is 1.58. The number of nitrogens with zero attached hydrogens (tertiary/aromatic N) is 1. The summed E-state index contributed by atoms with van der Waals surface area (Å²) in [6.45, 7) is 3.40. The van der Waals surface area contributed by atoms with Crippen LogP contribution in [0.25, 0.3) is 0 Å². The Kier molecular flexibility index (Phi) is 3.70. The van der Waals surface area contributed by atoms with Gasteiger partial charge in [-0.05, 0) is 18.8 Å². The van der Waals surface area contributed by atoms with Crippen LogP contribution in [0.15, 0.2) is 0 Å². The van der Waals surface area contributed by atoms with E-state index in [2.05, 4.69) is 10.6 Å². The van der Waals surface area contributed by atoms with Gasteiger partial charge in [-0.1, -0.05) is 0 Å². The third-order valence-electron chi connectivity index (χ3n) is 4.35. The molecule has 106 valence electrons. The van der Waals surface area contributed by atoms with E-state index in [4.69, 9.17) is 4.74 Å². The first kappa shape index (κ1) is 12.9. The van der Waals surface area contributed by atoms with Gasteiger partial charge in [-0.15, -0.1) is 0 Å². The van der Waals surface area contributed by atoms with Crippen molar-refractivity contribution >= 4 is 11.8 Å². The lowest BCUT2D eigenvalue weighted by Crippen LogP contribution is -2.59. The summed E-state index contributed by atoms with van der Waals surface area (Å²) in [6.07, 6.45) is 2.36. The lowest BCUT2D eigenvalue weighted by molar-refractivity contribution is -0.139. The predicted molar refractivity (Wildman–Crippen MR) is 68.5 cm³/mol. The Bertz CT molecular complexity index is 368. The van der Waals surface area contributed by atoms with Crippen molar-refractivity contribution < 1.29 is 14.3 Å². The molecule has 6 nitrogen and oxygen atoms in total. The number of likely N-dealkylation sites (tertiary alicyclic amines) is 1. The maximum atomic E-state index is 12.4. The molecule has 2 amide bonds. The number of hydrogen-bond donors (Lipinski definition) is 2. The minimum Gasteiger partial charge on any atom is -0.378 e. The Morgan fingerprint density at radius 2 is 2.26 bits per heavy atom. The summed E-state index contributed by atoms with van der Waals surface area (Å²) in [6, 6.07) is 0.0735. The van der Waals surface area contributed by atoms with Crippen molar-refractivity contribution in [1.82, 2.24) is 15.5 Å². The summed E-state index contributed by atoms with van der Waals surface area (Å²) < 4.78 is 5.35. The lowest BCUT2D eigenvalue weighted by atomic mass is 9.85. The molecule has 3 saturated heterocycles. The quantitative estimate of drug-likeness (QED) is 0.646. The number of piperidine rings is 2. The zero-order valence-electron chi connectivity index (χ0n) is 11.1. The van der Waals surface area contributed by atoms with Crippen molar-refractivity contribution in [2.75, 3.05) is 32.8 Å². The minimum absolute atomic E-state index is 0.148. The fraction of sp³-hybridized carbons (Fsp3) is 0.846. The Labute approximate surface area is 112 Å². The van der Waals surface area contributed by atoms with Crippen LogP contribution in [0.1, 0.15) is 19.3 Å². The molecule has 3 aliphatic heterocycles. The highest BCUT2D eigenvalue weighted by Gasteiger charge is 2.37. The predicted octanol–water partition coefficient (Wildman–Crippen LogP) is -0.898. The molecule has 0 aromatic carbocycles. The van der Waals surface area contributed by atoms with Gasteiger partial charge in [0.15, 0.2) is 0 Å². The van der Waals surface area contributed by atoms with Crippen LogP contribution in [0.2, 0.25) is 0 Å². The van der Waals surface area contributed by atoms with Gasteiger partial charge in [0, 0.05) is 32.1 Å². The van der Waals surface area contributed by atoms with Gasteiger partial charge in [0.25, 0.3) is 0 Å². The van der Waals surface area contributed by atoms with Crippen LogP contribution in [0, 0.1) is 5.92 Å². The minimum atomic E-state index is -0.191. The van der Waals surface area contributed by atoms with E-state index in [-0.39, 0.29) is 23.9 Å². The van der Waals surface area contributed by atoms with Crippen LogP contribution in [-0.4, -0.2) is 61.6 Å². The molecular formula is C13H21N3O3. The van der Waals surface area contributed by atoms with Gasteiger partial charge in [0.1, 0.15) is 6.04 Å². The van der Waals surface area contributed by atoms with Gasteiger partial charge in [-0.2, -0.15) is 0 Å². The molecule has 3 rings (SSSR count). The van der Waals surface area contributed by atoms with Crippen molar-refractivity contribution in [2.24, 2.45) is 5.92 Å². The highest BCUT2D eigenvalue weighted by atomic mass is 16.5. The normalized spacial score (nSPS) is 35.5. The molecule has 19 heavy (non-hydrogen) atoms. The summed E-state index contributed by atoms with van der Waals surface area (Å²) in [5, 5.41) is 6.25. The number of amides is 2. The van der Waals surface area contributed by atoms with E-state index in [1.165, 1.54) is 0 Å². The zero-order chi connectivity index (χ0) is 13.2. The smallest absolute Gasteiger partial charge is 0.242 e. The van der Waals surface area contributed by atoms with Crippen LogP contribution >= 0.6 is 0 Å². The van der Waals surface area contributed by atoms with E-state index in [1.54, 1.807) is 0 Å². The van der Waals surface area contributed by atoms with Crippen LogP contribution in [0.5, 0.6) is 0 Å². The molecule has 0 aliphatic carbocycles. The number of rotatable bonds is 1. The summed E-state index contributed by atoms with van der Waals surface area (Å²) >= 11 is 0. The maximum Gasteiger partial charge on any atom is 0.242 e. The fourth-order valence-corrected chi connectivity index (χ4v) is 3.25. The van der Waals surface area contributed by atoms with Crippen molar-refractivity contribution in [1.29, 1.82) is 0 Å². The Morgan fingerprint density at radius 3 is 3.05 bits per heavy atom. The van der Waals surface area contributed by atoms with E-state index in [1.807, 2.05) is 4.90 Å². The SMILES string of the molecule is O=C1CCC2CN(C(=O)C3COCCN3)CCC2N1. The summed E-state index contributed by atoms with van der Waals surface area (Å²) in [4.78, 5) is 25.7. The number of morpholine rings is 1. The lowest BCUT2D eigenvalue weighted by Gasteiger charge is -2.42. The first-order valence-electron chi connectivity index (χ1n) is 7.13. The summed E-state index contributed by atoms with van der Waals surface area (Å²) in [5.41, 5.74) is 0. The van der Waals surface area contributed by atoms with E-state index < -0.39 is 0 Å². The Hall–Kier alpha value is -1.14. The molecule has 3 aliphatic rings. The molecule has 3 heterocycles. The second-order valence-corrected chi connectivity index (χ2v) is 5.63. The average Bonchev–Trinajstić information content (AvgIpc) is 2.47. The van der Waals surface area contributed by atoms with Gasteiger partial charge in [-0.3, -0.25) is 9.59 Å². The summed E-state index contributed by atoms with van der Waals surface area (Å²) in [7, 11) is 0. The van der Waals surface area contributed by atoms with Gasteiger partial charge < -0.3 is 20.3 Å². The molecule has 0 aromatic rings. The first-order chi connectivity index (χ1) is 9.24. The molecule has 0 spiro atoms. The number of hydrogen-bond acceptors (Lipinski definition) is 4. The number of nitrogens with one attached hydrogen (secondary N) is 2. The van der Waals surface area contributed by atoms with Crippen molar-refractivity contribution in [3.05, 3.63) is 0 Å². The number of carbonyl (C=O) groups excluding carboxylic acids is 2. The average molecular weight is 267 g/mol. The number of fused-ring (bicyclic) bond motifs is 1. The van der Waals surface area contributed by atoms with Crippen LogP contribution in [-0.2, 0) is 14.3 Å². The topological polar surface area (TPSA) is 70.7 Å². The molecule has 0 bridgehead atoms. The molecule has 2 N–H and O–H groups in total. The first-order valence-corrected chi connectivity index (χ1v) is 7.13. The Morgan fingerprint density at radius 1 is 1.37 bits per heavy atom. The molecule has 3 unspecified atom stereocenters. The highest BCUT2D eigenvalue weighted by Crippen LogP contribution is 2.25. The van der Waals surface area contributed by atoms with E-state index in [0.717, 1.165) is 32.5 Å².